The molecule has 5 aromatic rings. The first kappa shape index (κ1) is 27.7. The van der Waals surface area contributed by atoms with E-state index in [1.807, 2.05) is 0 Å². The van der Waals surface area contributed by atoms with Crippen molar-refractivity contribution in [2.24, 2.45) is 0 Å². The van der Waals surface area contributed by atoms with Gasteiger partial charge in [-0.2, -0.15) is 0 Å². The summed E-state index contributed by atoms with van der Waals surface area (Å²) in [6.45, 7) is 11.5. The van der Waals surface area contributed by atoms with Gasteiger partial charge in [0.2, 0.25) is 0 Å². The highest BCUT2D eigenvalue weighted by Gasteiger charge is 2.54. The summed E-state index contributed by atoms with van der Waals surface area (Å²) in [7, 11) is 0. The second-order valence-corrected chi connectivity index (χ2v) is 12.9. The molecule has 0 N–H and O–H groups in total. The number of hydrogen-bond donors (Lipinski definition) is 0. The molecule has 1 unspecified atom stereocenters. The molecule has 0 saturated heterocycles. The van der Waals surface area contributed by atoms with Gasteiger partial charge in [0.25, 0.3) is 0 Å². The van der Waals surface area contributed by atoms with Crippen LogP contribution in [0.1, 0.15) is 102 Å². The van der Waals surface area contributed by atoms with Crippen molar-refractivity contribution in [3.05, 3.63) is 171 Å². The molecule has 1 atom stereocenters. The average molecular weight is 559 g/mol. The predicted molar refractivity (Wildman–Crippen MR) is 183 cm³/mol. The van der Waals surface area contributed by atoms with Crippen LogP contribution >= 0.6 is 0 Å². The van der Waals surface area contributed by atoms with E-state index in [0.29, 0.717) is 5.92 Å². The molecule has 0 heterocycles. The normalized spacial score (nSPS) is 15.8. The Morgan fingerprint density at radius 2 is 1.12 bits per heavy atom. The molecule has 0 fully saturated rings. The Balaban J connectivity index is 1.63. The fourth-order valence-electron chi connectivity index (χ4n) is 8.24. The molecule has 2 aliphatic rings. The lowest BCUT2D eigenvalue weighted by molar-refractivity contribution is 0.405. The van der Waals surface area contributed by atoms with Crippen molar-refractivity contribution >= 4 is 6.08 Å². The van der Waals surface area contributed by atoms with Crippen LogP contribution in [0.4, 0.5) is 0 Å². The van der Waals surface area contributed by atoms with E-state index < -0.39 is 0 Å². The lowest BCUT2D eigenvalue weighted by Crippen LogP contribution is -2.41. The quantitative estimate of drug-likeness (QED) is 0.186. The van der Waals surface area contributed by atoms with Crippen LogP contribution in [0.15, 0.2) is 121 Å². The van der Waals surface area contributed by atoms with Gasteiger partial charge in [0.15, 0.2) is 0 Å². The fraction of sp³-hybridized carbons (Fsp3) is 0.256. The average Bonchev–Trinajstić information content (AvgIpc) is 3.56. The first-order chi connectivity index (χ1) is 21.0. The Hall–Kier alpha value is -4.16. The number of allylic oxidation sites excluding steroid dienone is 1. The summed E-state index contributed by atoms with van der Waals surface area (Å²) in [5, 5.41) is 0. The van der Waals surface area contributed by atoms with Crippen LogP contribution in [-0.4, -0.2) is 0 Å². The van der Waals surface area contributed by atoms with Crippen LogP contribution in [0.5, 0.6) is 0 Å². The fourth-order valence-corrected chi connectivity index (χ4v) is 8.24. The van der Waals surface area contributed by atoms with E-state index >= 15 is 0 Å². The molecule has 43 heavy (non-hydrogen) atoms. The van der Waals surface area contributed by atoms with Gasteiger partial charge in [0, 0.05) is 17.3 Å². The maximum Gasteiger partial charge on any atom is 0.0418 e. The van der Waals surface area contributed by atoms with Crippen molar-refractivity contribution in [2.75, 3.05) is 0 Å². The molecule has 0 saturated carbocycles. The van der Waals surface area contributed by atoms with Crippen LogP contribution < -0.4 is 0 Å². The first-order valence-electron chi connectivity index (χ1n) is 16.2. The highest BCUT2D eigenvalue weighted by Crippen LogP contribution is 2.64. The molecule has 0 nitrogen and oxygen atoms in total. The standard InChI is InChI=1S/C43H42/c1-6-30-18-21-37-38-22-19-31(7-2)26-40(38)42(39(37)25-30)43(34-14-10-8-11-15-34,35-16-12-9-13-17-35)41-29(5)24-33-27-32(28(3)4)20-23-36(33)41/h8-28,41-42H,6-7H2,1-5H3. The monoisotopic (exact) mass is 558 g/mol. The first-order valence-corrected chi connectivity index (χ1v) is 16.2. The Labute approximate surface area is 258 Å². The highest BCUT2D eigenvalue weighted by molar-refractivity contribution is 5.83. The molecule has 5 aromatic carbocycles. The van der Waals surface area contributed by atoms with E-state index in [2.05, 4.69) is 156 Å². The van der Waals surface area contributed by atoms with E-state index in [9.17, 15) is 0 Å². The minimum absolute atomic E-state index is 0.157. The number of rotatable bonds is 7. The smallest absolute Gasteiger partial charge is 0.0418 e. The van der Waals surface area contributed by atoms with Gasteiger partial charge in [-0.05, 0) is 86.9 Å². The van der Waals surface area contributed by atoms with Crippen molar-refractivity contribution in [1.82, 2.24) is 0 Å². The highest BCUT2D eigenvalue weighted by atomic mass is 14.6. The van der Waals surface area contributed by atoms with Gasteiger partial charge in [-0.15, -0.1) is 0 Å². The van der Waals surface area contributed by atoms with Gasteiger partial charge in [0.05, 0.1) is 0 Å². The summed E-state index contributed by atoms with van der Waals surface area (Å²) < 4.78 is 0. The van der Waals surface area contributed by atoms with Crippen molar-refractivity contribution < 1.29 is 0 Å². The van der Waals surface area contributed by atoms with E-state index in [1.54, 1.807) is 0 Å². The van der Waals surface area contributed by atoms with E-state index in [0.717, 1.165) is 12.8 Å². The topological polar surface area (TPSA) is 0 Å². The molecule has 0 heteroatoms. The van der Waals surface area contributed by atoms with Crippen LogP contribution in [-0.2, 0) is 18.3 Å². The molecular formula is C43H42. The van der Waals surface area contributed by atoms with E-state index in [1.165, 1.54) is 66.8 Å². The second kappa shape index (κ2) is 10.8. The van der Waals surface area contributed by atoms with Gasteiger partial charge < -0.3 is 0 Å². The van der Waals surface area contributed by atoms with Crippen LogP contribution in [0.3, 0.4) is 0 Å². The van der Waals surface area contributed by atoms with Crippen molar-refractivity contribution in [3.8, 4) is 11.1 Å². The Morgan fingerprint density at radius 1 is 0.581 bits per heavy atom. The van der Waals surface area contributed by atoms with Gasteiger partial charge in [-0.25, -0.2) is 0 Å². The molecule has 0 amide bonds. The molecule has 7 rings (SSSR count). The molecule has 214 valence electrons. The van der Waals surface area contributed by atoms with E-state index in [-0.39, 0.29) is 17.3 Å². The van der Waals surface area contributed by atoms with Gasteiger partial charge in [-0.1, -0.05) is 155 Å². The summed E-state index contributed by atoms with van der Waals surface area (Å²) in [6, 6.07) is 44.7. The van der Waals surface area contributed by atoms with Crippen molar-refractivity contribution in [3.63, 3.8) is 0 Å². The number of hydrogen-bond acceptors (Lipinski definition) is 0. The zero-order valence-electron chi connectivity index (χ0n) is 26.2. The zero-order chi connectivity index (χ0) is 29.7. The number of fused-ring (bicyclic) bond motifs is 4. The van der Waals surface area contributed by atoms with Crippen LogP contribution in [0, 0.1) is 0 Å². The predicted octanol–water partition coefficient (Wildman–Crippen LogP) is 11.2. The summed E-state index contributed by atoms with van der Waals surface area (Å²) >= 11 is 0. The Kier molecular flexibility index (Phi) is 6.97. The lowest BCUT2D eigenvalue weighted by Gasteiger charge is -2.47. The van der Waals surface area contributed by atoms with Gasteiger partial charge in [-0.3, -0.25) is 0 Å². The van der Waals surface area contributed by atoms with E-state index in [4.69, 9.17) is 0 Å². The molecular weight excluding hydrogens is 516 g/mol. The maximum absolute atomic E-state index is 2.53. The SMILES string of the molecule is CCc1ccc2c(c1)C(C(c1ccccc1)(c1ccccc1)C1C(C)=Cc3cc(C(C)C)ccc31)c1cc(CC)ccc1-2. The zero-order valence-corrected chi connectivity index (χ0v) is 26.2. The minimum Gasteiger partial charge on any atom is -0.0639 e. The third-order valence-electron chi connectivity index (χ3n) is 10.3. The van der Waals surface area contributed by atoms with Crippen LogP contribution in [0.2, 0.25) is 0 Å². The minimum atomic E-state index is -0.355. The van der Waals surface area contributed by atoms with Crippen molar-refractivity contribution in [2.45, 2.75) is 70.6 Å². The Morgan fingerprint density at radius 3 is 1.60 bits per heavy atom. The number of benzene rings is 5. The van der Waals surface area contributed by atoms with Crippen molar-refractivity contribution in [1.29, 1.82) is 0 Å². The van der Waals surface area contributed by atoms with Gasteiger partial charge in [0.1, 0.15) is 0 Å². The molecule has 0 aromatic heterocycles. The molecule has 0 aliphatic heterocycles. The Bertz CT molecular complexity index is 1730. The summed E-state index contributed by atoms with van der Waals surface area (Å²) in [5.41, 5.74) is 16.6. The summed E-state index contributed by atoms with van der Waals surface area (Å²) in [4.78, 5) is 0. The lowest BCUT2D eigenvalue weighted by atomic mass is 9.54. The molecule has 0 bridgehead atoms. The van der Waals surface area contributed by atoms with Crippen LogP contribution in [0.25, 0.3) is 17.2 Å². The summed E-state index contributed by atoms with van der Waals surface area (Å²) in [6.07, 6.45) is 4.54. The maximum atomic E-state index is 2.53. The third kappa shape index (κ3) is 4.26. The molecule has 2 aliphatic carbocycles. The molecule has 0 radical (unpaired) electrons. The molecule has 0 spiro atoms. The summed E-state index contributed by atoms with van der Waals surface area (Å²) in [5.74, 6) is 0.844. The van der Waals surface area contributed by atoms with Gasteiger partial charge >= 0.3 is 0 Å². The largest absolute Gasteiger partial charge is 0.0639 e. The number of aryl methyl sites for hydroxylation is 2. The third-order valence-corrected chi connectivity index (χ3v) is 10.3. The second-order valence-electron chi connectivity index (χ2n) is 12.9.